The van der Waals surface area contributed by atoms with Crippen LogP contribution in [0, 0.1) is 0 Å². The van der Waals surface area contributed by atoms with Gasteiger partial charge in [0.25, 0.3) is 0 Å². The Morgan fingerprint density at radius 3 is 2.11 bits per heavy atom. The Bertz CT molecular complexity index is 201. The quantitative estimate of drug-likeness (QED) is 0.399. The van der Waals surface area contributed by atoms with E-state index in [1.165, 1.54) is 0 Å². The molecule has 0 spiro atoms. The van der Waals surface area contributed by atoms with Gasteiger partial charge in [0.05, 0.1) is 0 Å². The summed E-state index contributed by atoms with van der Waals surface area (Å²) < 4.78 is 20.2. The van der Waals surface area contributed by atoms with Crippen molar-refractivity contribution in [1.29, 1.82) is 0 Å². The maximum atomic E-state index is 10.1. The fourth-order valence-corrected chi connectivity index (χ4v) is 0.465. The topological polar surface area (TPSA) is 84.5 Å². The first-order valence-electron chi connectivity index (χ1n) is 2.22. The van der Waals surface area contributed by atoms with Crippen LogP contribution < -0.4 is 9.97 Å². The molecule has 0 aliphatic rings. The van der Waals surface area contributed by atoms with Crippen LogP contribution in [0.15, 0.2) is 5.10 Å². The molecule has 0 heterocycles. The van der Waals surface area contributed by atoms with Gasteiger partial charge >= 0.3 is 10.2 Å². The van der Waals surface area contributed by atoms with Gasteiger partial charge in [-0.25, -0.2) is 5.14 Å². The Hall–Kier alpha value is -0.620. The first-order chi connectivity index (χ1) is 3.92. The number of hydrogen-bond acceptors (Lipinski definition) is 3. The Morgan fingerprint density at radius 1 is 1.56 bits per heavy atom. The van der Waals surface area contributed by atoms with Crippen molar-refractivity contribution < 1.29 is 8.42 Å². The van der Waals surface area contributed by atoms with Crippen LogP contribution in [0.2, 0.25) is 0 Å². The molecular formula is C3H9N3O2S. The van der Waals surface area contributed by atoms with E-state index < -0.39 is 10.2 Å². The minimum atomic E-state index is -3.66. The van der Waals surface area contributed by atoms with E-state index in [9.17, 15) is 8.42 Å². The lowest BCUT2D eigenvalue weighted by atomic mass is 10.5. The zero-order chi connectivity index (χ0) is 7.49. The summed E-state index contributed by atoms with van der Waals surface area (Å²) >= 11 is 0. The highest BCUT2D eigenvalue weighted by Crippen LogP contribution is 1.71. The Labute approximate surface area is 54.1 Å². The molecule has 0 aliphatic carbocycles. The largest absolute Gasteiger partial charge is 0.311 e. The number of nitrogens with two attached hydrogens (primary N) is 1. The molecule has 0 saturated heterocycles. The van der Waals surface area contributed by atoms with Crippen LogP contribution in [0.5, 0.6) is 0 Å². The predicted octanol–water partition coefficient (Wildman–Crippen LogP) is -0.825. The molecule has 0 atom stereocenters. The molecule has 0 unspecified atom stereocenters. The maximum absolute atomic E-state index is 10.1. The Kier molecular flexibility index (Phi) is 2.60. The van der Waals surface area contributed by atoms with Gasteiger partial charge in [0, 0.05) is 5.71 Å². The molecule has 0 saturated carbocycles. The highest BCUT2D eigenvalue weighted by molar-refractivity contribution is 7.87. The van der Waals surface area contributed by atoms with E-state index in [-0.39, 0.29) is 0 Å². The summed E-state index contributed by atoms with van der Waals surface area (Å²) in [6.07, 6.45) is 0. The van der Waals surface area contributed by atoms with Crippen LogP contribution in [-0.2, 0) is 10.2 Å². The van der Waals surface area contributed by atoms with Gasteiger partial charge in [0.15, 0.2) is 0 Å². The monoisotopic (exact) mass is 151 g/mol. The summed E-state index contributed by atoms with van der Waals surface area (Å²) in [6, 6.07) is 0. The van der Waals surface area contributed by atoms with Crippen molar-refractivity contribution in [2.75, 3.05) is 0 Å². The van der Waals surface area contributed by atoms with Gasteiger partial charge < -0.3 is 0 Å². The molecule has 9 heavy (non-hydrogen) atoms. The predicted molar refractivity (Wildman–Crippen MR) is 35.0 cm³/mol. The van der Waals surface area contributed by atoms with Crippen LogP contribution in [0.4, 0.5) is 0 Å². The third-order valence-electron chi connectivity index (χ3n) is 0.396. The summed E-state index contributed by atoms with van der Waals surface area (Å²) in [5.74, 6) is 0. The normalized spacial score (nSPS) is 10.6. The number of hydrazone groups is 1. The van der Waals surface area contributed by atoms with E-state index in [2.05, 4.69) is 10.2 Å². The van der Waals surface area contributed by atoms with Gasteiger partial charge in [-0.15, -0.1) is 0 Å². The smallest absolute Gasteiger partial charge is 0.210 e. The summed E-state index contributed by atoms with van der Waals surface area (Å²) in [6.45, 7) is 3.30. The second-order valence-corrected chi connectivity index (χ2v) is 2.97. The molecular weight excluding hydrogens is 142 g/mol. The Morgan fingerprint density at radius 2 is 2.00 bits per heavy atom. The van der Waals surface area contributed by atoms with E-state index in [0.717, 1.165) is 0 Å². The number of nitrogens with one attached hydrogen (secondary N) is 1. The van der Waals surface area contributed by atoms with E-state index >= 15 is 0 Å². The molecule has 0 amide bonds. The SMILES string of the molecule is CC(C)=NNS(N)(=O)=O. The minimum Gasteiger partial charge on any atom is -0.210 e. The molecule has 0 bridgehead atoms. The zero-order valence-corrected chi connectivity index (χ0v) is 6.07. The molecule has 54 valence electrons. The van der Waals surface area contributed by atoms with Crippen LogP contribution in [0.3, 0.4) is 0 Å². The molecule has 0 aromatic heterocycles. The molecule has 5 nitrogen and oxygen atoms in total. The third-order valence-corrected chi connectivity index (χ3v) is 0.742. The number of nitrogens with zero attached hydrogens (tertiary/aromatic N) is 1. The summed E-state index contributed by atoms with van der Waals surface area (Å²) in [7, 11) is -3.66. The molecule has 3 N–H and O–H groups in total. The lowest BCUT2D eigenvalue weighted by molar-refractivity contribution is 0.586. The van der Waals surface area contributed by atoms with Crippen molar-refractivity contribution in [2.45, 2.75) is 13.8 Å². The van der Waals surface area contributed by atoms with Crippen LogP contribution in [-0.4, -0.2) is 14.1 Å². The average Bonchev–Trinajstić information content (AvgIpc) is 1.59. The molecule has 0 aromatic rings. The van der Waals surface area contributed by atoms with Gasteiger partial charge in [-0.3, -0.25) is 0 Å². The lowest BCUT2D eigenvalue weighted by Gasteiger charge is -1.93. The van der Waals surface area contributed by atoms with E-state index in [1.807, 2.05) is 0 Å². The van der Waals surface area contributed by atoms with Gasteiger partial charge in [-0.05, 0) is 13.8 Å². The van der Waals surface area contributed by atoms with Gasteiger partial charge in [-0.2, -0.15) is 18.4 Å². The lowest BCUT2D eigenvalue weighted by Crippen LogP contribution is -2.26. The second kappa shape index (κ2) is 2.79. The maximum Gasteiger partial charge on any atom is 0.311 e. The van der Waals surface area contributed by atoms with Gasteiger partial charge in [0.2, 0.25) is 0 Å². The van der Waals surface area contributed by atoms with E-state index in [1.54, 1.807) is 18.7 Å². The highest BCUT2D eigenvalue weighted by Gasteiger charge is 1.93. The fraction of sp³-hybridized carbons (Fsp3) is 0.667. The number of rotatable bonds is 2. The van der Waals surface area contributed by atoms with Crippen LogP contribution in [0.1, 0.15) is 13.8 Å². The molecule has 0 aromatic carbocycles. The molecule has 6 heteroatoms. The molecule has 0 aliphatic heterocycles. The van der Waals surface area contributed by atoms with Crippen molar-refractivity contribution in [3.05, 3.63) is 0 Å². The third kappa shape index (κ3) is 7.38. The first-order valence-corrected chi connectivity index (χ1v) is 3.77. The fourth-order valence-electron chi connectivity index (χ4n) is 0.155. The first kappa shape index (κ1) is 8.38. The average molecular weight is 151 g/mol. The molecule has 0 rings (SSSR count). The summed E-state index contributed by atoms with van der Waals surface area (Å²) in [5, 5.41) is 7.89. The van der Waals surface area contributed by atoms with Crippen molar-refractivity contribution in [3.63, 3.8) is 0 Å². The van der Waals surface area contributed by atoms with Crippen molar-refractivity contribution >= 4 is 15.9 Å². The van der Waals surface area contributed by atoms with Gasteiger partial charge in [-0.1, -0.05) is 0 Å². The van der Waals surface area contributed by atoms with Gasteiger partial charge in [0.1, 0.15) is 0 Å². The van der Waals surface area contributed by atoms with Crippen molar-refractivity contribution in [1.82, 2.24) is 4.83 Å². The minimum absolute atomic E-state index is 0.601. The molecule has 0 radical (unpaired) electrons. The molecule has 0 fully saturated rings. The summed E-state index contributed by atoms with van der Waals surface area (Å²) in [4.78, 5) is 1.76. The van der Waals surface area contributed by atoms with E-state index in [4.69, 9.17) is 0 Å². The van der Waals surface area contributed by atoms with Crippen LogP contribution >= 0.6 is 0 Å². The van der Waals surface area contributed by atoms with Crippen LogP contribution in [0.25, 0.3) is 0 Å². The standard InChI is InChI=1S/C3H9N3O2S/c1-3(2)5-6-9(4,7)8/h6H,1-2H3,(H2,4,7,8). The highest BCUT2D eigenvalue weighted by atomic mass is 32.2. The Balaban J connectivity index is 3.95. The van der Waals surface area contributed by atoms with Crippen molar-refractivity contribution in [3.8, 4) is 0 Å². The number of hydrogen-bond donors (Lipinski definition) is 2. The summed E-state index contributed by atoms with van der Waals surface area (Å²) in [5.41, 5.74) is 0.601. The zero-order valence-electron chi connectivity index (χ0n) is 5.25. The second-order valence-electron chi connectivity index (χ2n) is 1.70. The van der Waals surface area contributed by atoms with E-state index in [0.29, 0.717) is 5.71 Å². The van der Waals surface area contributed by atoms with Crippen molar-refractivity contribution in [2.24, 2.45) is 10.2 Å².